The summed E-state index contributed by atoms with van der Waals surface area (Å²) in [7, 11) is 0. The molecule has 0 aromatic heterocycles. The Labute approximate surface area is 373 Å². The second-order valence-corrected chi connectivity index (χ2v) is 17.1. The molecule has 0 aromatic rings. The highest BCUT2D eigenvalue weighted by Gasteiger charge is 2.17. The zero-order chi connectivity index (χ0) is 43.5. The summed E-state index contributed by atoms with van der Waals surface area (Å²) < 4.78 is 17.3. The highest BCUT2D eigenvalue weighted by molar-refractivity contribution is 5.70. The number of allylic oxidation sites excluding steroid dienone is 10. The fourth-order valence-electron chi connectivity index (χ4n) is 7.13. The SMILES string of the molecule is CCCCC/C=C\C/C=C\C/C=C\CCCCCCCCC(=O)OCC(COCCCCCCCCCC/C=C\C/C=C\CCCCC)OC(=O)CCCCCCCCC. The molecule has 1 atom stereocenters. The lowest BCUT2D eigenvalue weighted by Gasteiger charge is -2.18. The number of carbonyl (C=O) groups is 2. The molecule has 0 saturated heterocycles. The van der Waals surface area contributed by atoms with Gasteiger partial charge in [-0.2, -0.15) is 0 Å². The minimum Gasteiger partial charge on any atom is -0.462 e. The van der Waals surface area contributed by atoms with Crippen LogP contribution in [0.25, 0.3) is 0 Å². The maximum atomic E-state index is 12.7. The van der Waals surface area contributed by atoms with E-state index in [9.17, 15) is 9.59 Å². The maximum absolute atomic E-state index is 12.7. The summed E-state index contributed by atoms with van der Waals surface area (Å²) >= 11 is 0. The van der Waals surface area contributed by atoms with Crippen LogP contribution in [0.4, 0.5) is 0 Å². The number of esters is 2. The van der Waals surface area contributed by atoms with Gasteiger partial charge in [-0.25, -0.2) is 0 Å². The van der Waals surface area contributed by atoms with E-state index in [1.165, 1.54) is 148 Å². The molecule has 1 unspecified atom stereocenters. The summed E-state index contributed by atoms with van der Waals surface area (Å²) in [6.07, 6.45) is 63.8. The Morgan fingerprint density at radius 3 is 1.15 bits per heavy atom. The minimum atomic E-state index is -0.541. The van der Waals surface area contributed by atoms with Crippen LogP contribution < -0.4 is 0 Å². The van der Waals surface area contributed by atoms with Crippen molar-refractivity contribution < 1.29 is 23.8 Å². The normalized spacial score (nSPS) is 12.7. The Kier molecular flexibility index (Phi) is 48.9. The Hall–Kier alpha value is -2.40. The second-order valence-electron chi connectivity index (χ2n) is 17.1. The van der Waals surface area contributed by atoms with E-state index in [0.29, 0.717) is 19.4 Å². The lowest BCUT2D eigenvalue weighted by atomic mass is 10.1. The van der Waals surface area contributed by atoms with E-state index < -0.39 is 6.10 Å². The van der Waals surface area contributed by atoms with Crippen LogP contribution in [0, 0.1) is 0 Å². The number of unbranched alkanes of at least 4 members (excludes halogenated alkanes) is 26. The molecule has 0 aliphatic carbocycles. The Morgan fingerprint density at radius 1 is 0.367 bits per heavy atom. The van der Waals surface area contributed by atoms with Crippen LogP contribution in [0.5, 0.6) is 0 Å². The van der Waals surface area contributed by atoms with Crippen molar-refractivity contribution >= 4 is 11.9 Å². The molecule has 0 amide bonds. The van der Waals surface area contributed by atoms with Crippen molar-refractivity contribution in [1.29, 1.82) is 0 Å². The van der Waals surface area contributed by atoms with E-state index in [0.717, 1.165) is 70.6 Å². The smallest absolute Gasteiger partial charge is 0.306 e. The van der Waals surface area contributed by atoms with Crippen LogP contribution in [0.15, 0.2) is 60.8 Å². The quantitative estimate of drug-likeness (QED) is 0.0347. The first-order valence-corrected chi connectivity index (χ1v) is 25.8. The molecule has 0 spiro atoms. The van der Waals surface area contributed by atoms with Crippen LogP contribution in [-0.2, 0) is 23.8 Å². The van der Waals surface area contributed by atoms with Gasteiger partial charge in [-0.1, -0.05) is 210 Å². The van der Waals surface area contributed by atoms with E-state index >= 15 is 0 Å². The van der Waals surface area contributed by atoms with E-state index in [-0.39, 0.29) is 25.2 Å². The van der Waals surface area contributed by atoms with Crippen molar-refractivity contribution in [3.8, 4) is 0 Å². The van der Waals surface area contributed by atoms with Gasteiger partial charge in [-0.05, 0) is 89.9 Å². The van der Waals surface area contributed by atoms with Gasteiger partial charge in [0.25, 0.3) is 0 Å². The van der Waals surface area contributed by atoms with Gasteiger partial charge >= 0.3 is 11.9 Å². The zero-order valence-electron chi connectivity index (χ0n) is 40.0. The van der Waals surface area contributed by atoms with Gasteiger partial charge < -0.3 is 14.2 Å². The minimum absolute atomic E-state index is 0.0764. The van der Waals surface area contributed by atoms with Gasteiger partial charge in [0.1, 0.15) is 6.61 Å². The van der Waals surface area contributed by atoms with Gasteiger partial charge in [-0.15, -0.1) is 0 Å². The first-order valence-electron chi connectivity index (χ1n) is 25.8. The van der Waals surface area contributed by atoms with E-state index in [4.69, 9.17) is 14.2 Å². The lowest BCUT2D eigenvalue weighted by molar-refractivity contribution is -0.163. The van der Waals surface area contributed by atoms with Crippen LogP contribution in [0.2, 0.25) is 0 Å². The van der Waals surface area contributed by atoms with Gasteiger partial charge in [0.05, 0.1) is 6.61 Å². The van der Waals surface area contributed by atoms with E-state index in [2.05, 4.69) is 81.5 Å². The van der Waals surface area contributed by atoms with Crippen molar-refractivity contribution in [2.45, 2.75) is 258 Å². The summed E-state index contributed by atoms with van der Waals surface area (Å²) in [4.78, 5) is 25.2. The summed E-state index contributed by atoms with van der Waals surface area (Å²) in [6, 6.07) is 0. The third kappa shape index (κ3) is 48.3. The van der Waals surface area contributed by atoms with Gasteiger partial charge in [-0.3, -0.25) is 9.59 Å². The Bertz CT molecular complexity index is 1040. The number of rotatable bonds is 47. The topological polar surface area (TPSA) is 61.8 Å². The number of ether oxygens (including phenoxy) is 3. The monoisotopic (exact) mass is 839 g/mol. The molecule has 0 aromatic carbocycles. The van der Waals surface area contributed by atoms with Crippen LogP contribution in [-0.4, -0.2) is 37.9 Å². The molecule has 5 nitrogen and oxygen atoms in total. The maximum Gasteiger partial charge on any atom is 0.306 e. The standard InChI is InChI=1S/C55H98O5/c1-4-7-10-13-16-18-20-22-24-26-28-29-31-33-35-37-40-42-45-48-54(56)59-52-53(60-55(57)49-46-43-39-15-12-9-6-3)51-58-50-47-44-41-38-36-34-32-30-27-25-23-21-19-17-14-11-8-5-2/h16-19,22-25,28-29,53H,4-15,20-21,26-27,30-52H2,1-3H3/b18-16-,19-17-,24-22-,25-23-,29-28-. The van der Waals surface area contributed by atoms with Crippen molar-refractivity contribution in [3.05, 3.63) is 60.8 Å². The molecule has 0 rings (SSSR count). The predicted octanol–water partition coefficient (Wildman–Crippen LogP) is 17.3. The molecule has 0 aliphatic heterocycles. The lowest BCUT2D eigenvalue weighted by Crippen LogP contribution is -2.30. The summed E-state index contributed by atoms with van der Waals surface area (Å²) in [5.41, 5.74) is 0. The number of hydrogen-bond acceptors (Lipinski definition) is 5. The first-order chi connectivity index (χ1) is 29.6. The summed E-state index contributed by atoms with van der Waals surface area (Å²) in [6.45, 7) is 7.73. The number of hydrogen-bond donors (Lipinski definition) is 0. The predicted molar refractivity (Wildman–Crippen MR) is 261 cm³/mol. The van der Waals surface area contributed by atoms with Gasteiger partial charge in [0.2, 0.25) is 0 Å². The fourth-order valence-corrected chi connectivity index (χ4v) is 7.13. The molecule has 0 saturated carbocycles. The van der Waals surface area contributed by atoms with Crippen molar-refractivity contribution in [3.63, 3.8) is 0 Å². The van der Waals surface area contributed by atoms with Crippen LogP contribution in [0.1, 0.15) is 252 Å². The number of carbonyl (C=O) groups excluding carboxylic acids is 2. The third-order valence-corrected chi connectivity index (χ3v) is 11.0. The highest BCUT2D eigenvalue weighted by atomic mass is 16.6. The first kappa shape index (κ1) is 57.6. The fraction of sp³-hybridized carbons (Fsp3) is 0.782. The Morgan fingerprint density at radius 2 is 0.700 bits per heavy atom. The second kappa shape index (κ2) is 51.0. The molecule has 0 heterocycles. The average molecular weight is 839 g/mol. The molecule has 0 aliphatic rings. The molecule has 348 valence electrons. The highest BCUT2D eigenvalue weighted by Crippen LogP contribution is 2.14. The zero-order valence-corrected chi connectivity index (χ0v) is 40.0. The third-order valence-electron chi connectivity index (χ3n) is 11.0. The van der Waals surface area contributed by atoms with Crippen molar-refractivity contribution in [1.82, 2.24) is 0 Å². The van der Waals surface area contributed by atoms with Crippen molar-refractivity contribution in [2.75, 3.05) is 19.8 Å². The Balaban J connectivity index is 4.14. The largest absolute Gasteiger partial charge is 0.462 e. The molecule has 0 bridgehead atoms. The molecular formula is C55H98O5. The van der Waals surface area contributed by atoms with Gasteiger partial charge in [0.15, 0.2) is 6.10 Å². The molecule has 0 N–H and O–H groups in total. The molecule has 0 radical (unpaired) electrons. The van der Waals surface area contributed by atoms with E-state index in [1.54, 1.807) is 0 Å². The molecule has 60 heavy (non-hydrogen) atoms. The van der Waals surface area contributed by atoms with Crippen molar-refractivity contribution in [2.24, 2.45) is 0 Å². The summed E-state index contributed by atoms with van der Waals surface area (Å²) in [5.74, 6) is -0.416. The van der Waals surface area contributed by atoms with E-state index in [1.807, 2.05) is 0 Å². The average Bonchev–Trinajstić information content (AvgIpc) is 3.25. The molecular weight excluding hydrogens is 741 g/mol. The van der Waals surface area contributed by atoms with Crippen LogP contribution >= 0.6 is 0 Å². The van der Waals surface area contributed by atoms with Gasteiger partial charge in [0, 0.05) is 19.4 Å². The molecule has 5 heteroatoms. The van der Waals surface area contributed by atoms with Crippen LogP contribution in [0.3, 0.4) is 0 Å². The molecule has 0 fully saturated rings. The summed E-state index contributed by atoms with van der Waals surface area (Å²) in [5, 5.41) is 0.